The molecule has 15 heavy (non-hydrogen) atoms. The van der Waals surface area contributed by atoms with Crippen molar-refractivity contribution >= 4 is 11.6 Å². The number of hydrogen-bond donors (Lipinski definition) is 2. The highest BCUT2D eigenvalue weighted by atomic mass is 19.1. The van der Waals surface area contributed by atoms with Crippen LogP contribution in [0, 0.1) is 5.82 Å². The Morgan fingerprint density at radius 3 is 2.87 bits per heavy atom. The second-order valence-electron chi connectivity index (χ2n) is 3.38. The molecule has 1 aromatic carbocycles. The summed E-state index contributed by atoms with van der Waals surface area (Å²) in [4.78, 5) is 11.5. The van der Waals surface area contributed by atoms with Crippen LogP contribution in [0.25, 0.3) is 0 Å². The van der Waals surface area contributed by atoms with Gasteiger partial charge in [0.05, 0.1) is 5.56 Å². The number of hydrogen-bond acceptors (Lipinski definition) is 2. The maximum Gasteiger partial charge on any atom is 0.254 e. The van der Waals surface area contributed by atoms with E-state index < -0.39 is 11.7 Å². The zero-order chi connectivity index (χ0) is 11.4. The highest BCUT2D eigenvalue weighted by Gasteiger charge is 2.10. The lowest BCUT2D eigenvalue weighted by molar-refractivity contribution is 0.0953. The molecule has 1 aromatic rings. The zero-order valence-electron chi connectivity index (χ0n) is 8.51. The van der Waals surface area contributed by atoms with Gasteiger partial charge in [-0.25, -0.2) is 4.39 Å². The van der Waals surface area contributed by atoms with Crippen molar-refractivity contribution in [2.45, 2.75) is 6.92 Å². The Labute approximate surface area is 87.8 Å². The third kappa shape index (κ3) is 3.09. The molecule has 0 radical (unpaired) electrons. The molecule has 4 heteroatoms. The number of carbonyl (C=O) groups excluding carboxylic acids is 1. The Hall–Kier alpha value is -1.84. The molecule has 0 fully saturated rings. The summed E-state index contributed by atoms with van der Waals surface area (Å²) in [7, 11) is 0. The van der Waals surface area contributed by atoms with Crippen LogP contribution < -0.4 is 11.1 Å². The molecule has 0 spiro atoms. The van der Waals surface area contributed by atoms with Crippen molar-refractivity contribution in [2.24, 2.45) is 0 Å². The maximum absolute atomic E-state index is 13.2. The first-order valence-electron chi connectivity index (χ1n) is 4.48. The summed E-state index contributed by atoms with van der Waals surface area (Å²) in [5.74, 6) is -1.06. The van der Waals surface area contributed by atoms with E-state index >= 15 is 0 Å². The van der Waals surface area contributed by atoms with E-state index in [0.717, 1.165) is 5.57 Å². The van der Waals surface area contributed by atoms with Crippen LogP contribution in [-0.4, -0.2) is 12.5 Å². The topological polar surface area (TPSA) is 55.1 Å². The molecule has 0 atom stereocenters. The molecule has 0 bridgehead atoms. The van der Waals surface area contributed by atoms with Crippen LogP contribution in [0.4, 0.5) is 10.1 Å². The second kappa shape index (κ2) is 4.59. The second-order valence-corrected chi connectivity index (χ2v) is 3.38. The van der Waals surface area contributed by atoms with Gasteiger partial charge in [0.2, 0.25) is 0 Å². The molecule has 0 aliphatic carbocycles. The summed E-state index contributed by atoms with van der Waals surface area (Å²) in [5.41, 5.74) is 6.57. The maximum atomic E-state index is 13.2. The summed E-state index contributed by atoms with van der Waals surface area (Å²) in [6.07, 6.45) is 0. The number of nitrogen functional groups attached to an aromatic ring is 1. The van der Waals surface area contributed by atoms with Gasteiger partial charge < -0.3 is 11.1 Å². The molecular weight excluding hydrogens is 195 g/mol. The quantitative estimate of drug-likeness (QED) is 0.587. The third-order valence-corrected chi connectivity index (χ3v) is 1.79. The van der Waals surface area contributed by atoms with Gasteiger partial charge in [0.15, 0.2) is 0 Å². The lowest BCUT2D eigenvalue weighted by Gasteiger charge is -2.06. The first-order chi connectivity index (χ1) is 7.00. The largest absolute Gasteiger partial charge is 0.399 e. The minimum absolute atomic E-state index is 0.0451. The third-order valence-electron chi connectivity index (χ3n) is 1.79. The van der Waals surface area contributed by atoms with Crippen LogP contribution in [-0.2, 0) is 0 Å². The number of benzene rings is 1. The van der Waals surface area contributed by atoms with Crippen LogP contribution >= 0.6 is 0 Å². The first kappa shape index (κ1) is 11.2. The highest BCUT2D eigenvalue weighted by molar-refractivity contribution is 5.95. The van der Waals surface area contributed by atoms with E-state index in [9.17, 15) is 9.18 Å². The molecule has 3 N–H and O–H groups in total. The van der Waals surface area contributed by atoms with Crippen molar-refractivity contribution < 1.29 is 9.18 Å². The number of amides is 1. The molecule has 80 valence electrons. The van der Waals surface area contributed by atoms with Gasteiger partial charge in [0.25, 0.3) is 5.91 Å². The number of rotatable bonds is 3. The first-order valence-corrected chi connectivity index (χ1v) is 4.48. The predicted molar refractivity (Wildman–Crippen MR) is 58.0 cm³/mol. The summed E-state index contributed by atoms with van der Waals surface area (Å²) in [5, 5.41) is 2.53. The Morgan fingerprint density at radius 1 is 1.60 bits per heavy atom. The molecule has 0 unspecified atom stereocenters. The molecule has 1 amide bonds. The van der Waals surface area contributed by atoms with Crippen LogP contribution in [0.3, 0.4) is 0 Å². The van der Waals surface area contributed by atoms with Crippen molar-refractivity contribution in [3.63, 3.8) is 0 Å². The Bertz CT molecular complexity index is 402. The van der Waals surface area contributed by atoms with E-state index in [-0.39, 0.29) is 5.56 Å². The van der Waals surface area contributed by atoms with Crippen LogP contribution in [0.5, 0.6) is 0 Å². The summed E-state index contributed by atoms with van der Waals surface area (Å²) >= 11 is 0. The summed E-state index contributed by atoms with van der Waals surface area (Å²) in [6, 6.07) is 3.89. The van der Waals surface area contributed by atoms with Crippen molar-refractivity contribution in [1.29, 1.82) is 0 Å². The SMILES string of the molecule is C=C(C)CNC(=O)c1cc(N)ccc1F. The molecule has 0 saturated heterocycles. The summed E-state index contributed by atoms with van der Waals surface area (Å²) < 4.78 is 13.2. The molecule has 0 heterocycles. The van der Waals surface area contributed by atoms with E-state index in [1.54, 1.807) is 6.92 Å². The van der Waals surface area contributed by atoms with Crippen LogP contribution in [0.1, 0.15) is 17.3 Å². The minimum atomic E-state index is -0.580. The molecule has 0 saturated carbocycles. The fourth-order valence-electron chi connectivity index (χ4n) is 1.04. The number of carbonyl (C=O) groups is 1. The fraction of sp³-hybridized carbons (Fsp3) is 0.182. The number of halogens is 1. The molecular formula is C11H13FN2O. The normalized spacial score (nSPS) is 9.73. The van der Waals surface area contributed by atoms with Gasteiger partial charge in [-0.15, -0.1) is 0 Å². The van der Waals surface area contributed by atoms with Crippen LogP contribution in [0.2, 0.25) is 0 Å². The predicted octanol–water partition coefficient (Wildman–Crippen LogP) is 1.71. The van der Waals surface area contributed by atoms with Gasteiger partial charge in [-0.3, -0.25) is 4.79 Å². The average molecular weight is 208 g/mol. The van der Waals surface area contributed by atoms with Crippen molar-refractivity contribution in [3.8, 4) is 0 Å². The molecule has 1 rings (SSSR count). The Morgan fingerprint density at radius 2 is 2.27 bits per heavy atom. The monoisotopic (exact) mass is 208 g/mol. The fourth-order valence-corrected chi connectivity index (χ4v) is 1.04. The standard InChI is InChI=1S/C11H13FN2O/c1-7(2)6-14-11(15)9-5-8(13)3-4-10(9)12/h3-5H,1,6,13H2,2H3,(H,14,15). The summed E-state index contributed by atoms with van der Waals surface area (Å²) in [6.45, 7) is 5.73. The van der Waals surface area contributed by atoms with Crippen molar-refractivity contribution in [1.82, 2.24) is 5.32 Å². The smallest absolute Gasteiger partial charge is 0.254 e. The number of nitrogens with two attached hydrogens (primary N) is 1. The van der Waals surface area contributed by atoms with E-state index in [1.807, 2.05) is 0 Å². The van der Waals surface area contributed by atoms with Crippen molar-refractivity contribution in [3.05, 3.63) is 41.7 Å². The van der Waals surface area contributed by atoms with E-state index in [1.165, 1.54) is 18.2 Å². The van der Waals surface area contributed by atoms with Gasteiger partial charge >= 0.3 is 0 Å². The highest BCUT2D eigenvalue weighted by Crippen LogP contribution is 2.11. The van der Waals surface area contributed by atoms with E-state index in [0.29, 0.717) is 12.2 Å². The van der Waals surface area contributed by atoms with E-state index in [4.69, 9.17) is 5.73 Å². The average Bonchev–Trinajstić information content (AvgIpc) is 2.18. The molecule has 0 aliphatic rings. The molecule has 0 aliphatic heterocycles. The lowest BCUT2D eigenvalue weighted by Crippen LogP contribution is -2.25. The Balaban J connectivity index is 2.81. The Kier molecular flexibility index (Phi) is 3.44. The van der Waals surface area contributed by atoms with Gasteiger partial charge in [0.1, 0.15) is 5.82 Å². The zero-order valence-corrected chi connectivity index (χ0v) is 8.51. The number of nitrogens with one attached hydrogen (secondary N) is 1. The van der Waals surface area contributed by atoms with E-state index in [2.05, 4.69) is 11.9 Å². The minimum Gasteiger partial charge on any atom is -0.399 e. The van der Waals surface area contributed by atoms with Gasteiger partial charge in [-0.1, -0.05) is 12.2 Å². The molecule has 3 nitrogen and oxygen atoms in total. The van der Waals surface area contributed by atoms with Gasteiger partial charge in [0, 0.05) is 12.2 Å². The number of anilines is 1. The molecule has 0 aromatic heterocycles. The van der Waals surface area contributed by atoms with Gasteiger partial charge in [-0.05, 0) is 25.1 Å². The van der Waals surface area contributed by atoms with Crippen LogP contribution in [0.15, 0.2) is 30.4 Å². The lowest BCUT2D eigenvalue weighted by atomic mass is 10.1. The van der Waals surface area contributed by atoms with Gasteiger partial charge in [-0.2, -0.15) is 0 Å². The van der Waals surface area contributed by atoms with Crippen molar-refractivity contribution in [2.75, 3.05) is 12.3 Å².